The number of thioether (sulfide) groups is 1. The predicted octanol–water partition coefficient (Wildman–Crippen LogP) is 1.54. The summed E-state index contributed by atoms with van der Waals surface area (Å²) in [6, 6.07) is 7.98. The van der Waals surface area contributed by atoms with Crippen molar-refractivity contribution in [2.24, 2.45) is 5.73 Å². The minimum Gasteiger partial charge on any atom is -0.394 e. The molecule has 3 nitrogen and oxygen atoms in total. The third-order valence-electron chi connectivity index (χ3n) is 2.40. The molecule has 16 heavy (non-hydrogen) atoms. The molecule has 1 rings (SSSR count). The number of aliphatic hydroxyl groups is 2. The second kappa shape index (κ2) is 6.91. The van der Waals surface area contributed by atoms with Crippen molar-refractivity contribution in [3.05, 3.63) is 29.8 Å². The molecule has 0 heterocycles. The molecule has 1 unspecified atom stereocenters. The number of nitrogens with two attached hydrogens (primary N) is 1. The lowest BCUT2D eigenvalue weighted by molar-refractivity contribution is 0.113. The minimum absolute atomic E-state index is 0.0370. The van der Waals surface area contributed by atoms with Crippen LogP contribution in [0.3, 0.4) is 0 Å². The molecule has 2 atom stereocenters. The second-order valence-electron chi connectivity index (χ2n) is 3.70. The van der Waals surface area contributed by atoms with E-state index in [1.54, 1.807) is 0 Å². The second-order valence-corrected chi connectivity index (χ2v) is 4.76. The van der Waals surface area contributed by atoms with Crippen molar-refractivity contribution in [1.29, 1.82) is 0 Å². The van der Waals surface area contributed by atoms with Crippen molar-refractivity contribution in [3.63, 3.8) is 0 Å². The van der Waals surface area contributed by atoms with E-state index in [-0.39, 0.29) is 12.6 Å². The molecule has 0 fully saturated rings. The maximum Gasteiger partial charge on any atom is 0.0864 e. The van der Waals surface area contributed by atoms with Crippen molar-refractivity contribution < 1.29 is 10.2 Å². The monoisotopic (exact) mass is 241 g/mol. The Morgan fingerprint density at radius 1 is 1.38 bits per heavy atom. The fourth-order valence-electron chi connectivity index (χ4n) is 1.38. The Bertz CT molecular complexity index is 320. The van der Waals surface area contributed by atoms with Crippen LogP contribution in [0.15, 0.2) is 29.2 Å². The van der Waals surface area contributed by atoms with E-state index < -0.39 is 6.10 Å². The molecule has 0 amide bonds. The fraction of sp³-hybridized carbons (Fsp3) is 0.500. The van der Waals surface area contributed by atoms with E-state index in [0.29, 0.717) is 5.75 Å². The normalized spacial score (nSPS) is 14.8. The van der Waals surface area contributed by atoms with Crippen molar-refractivity contribution in [2.45, 2.75) is 30.4 Å². The summed E-state index contributed by atoms with van der Waals surface area (Å²) in [5.74, 6) is 0.490. The van der Waals surface area contributed by atoms with E-state index in [0.717, 1.165) is 16.9 Å². The van der Waals surface area contributed by atoms with Crippen LogP contribution in [0.1, 0.15) is 24.9 Å². The molecule has 0 bridgehead atoms. The zero-order chi connectivity index (χ0) is 12.0. The standard InChI is InChI=1S/C12H19NO2S/c1-2-11(13)10-5-3-4-6-12(10)16-8-9(15)7-14/h3-6,9,11,14-15H,2,7-8,13H2,1H3/t9?,11-/m1/s1. The van der Waals surface area contributed by atoms with Gasteiger partial charge < -0.3 is 15.9 Å². The molecular formula is C12H19NO2S. The van der Waals surface area contributed by atoms with E-state index in [4.69, 9.17) is 10.8 Å². The summed E-state index contributed by atoms with van der Waals surface area (Å²) in [5.41, 5.74) is 7.12. The molecule has 4 N–H and O–H groups in total. The summed E-state index contributed by atoms with van der Waals surface area (Å²) in [6.07, 6.45) is 0.219. The highest BCUT2D eigenvalue weighted by Gasteiger charge is 2.10. The van der Waals surface area contributed by atoms with E-state index >= 15 is 0 Å². The van der Waals surface area contributed by atoms with Crippen LogP contribution in [-0.2, 0) is 0 Å². The van der Waals surface area contributed by atoms with Gasteiger partial charge in [0.1, 0.15) is 0 Å². The number of aliphatic hydroxyl groups excluding tert-OH is 2. The van der Waals surface area contributed by atoms with Crippen LogP contribution in [0.25, 0.3) is 0 Å². The van der Waals surface area contributed by atoms with Gasteiger partial charge in [-0.25, -0.2) is 0 Å². The molecule has 0 saturated heterocycles. The van der Waals surface area contributed by atoms with Gasteiger partial charge in [-0.3, -0.25) is 0 Å². The van der Waals surface area contributed by atoms with Crippen LogP contribution in [0.2, 0.25) is 0 Å². The Morgan fingerprint density at radius 3 is 2.69 bits per heavy atom. The first-order valence-corrected chi connectivity index (χ1v) is 6.43. The fourth-order valence-corrected chi connectivity index (χ4v) is 2.42. The van der Waals surface area contributed by atoms with E-state index in [2.05, 4.69) is 6.92 Å². The Morgan fingerprint density at radius 2 is 2.06 bits per heavy atom. The van der Waals surface area contributed by atoms with E-state index in [1.807, 2.05) is 24.3 Å². The molecule has 4 heteroatoms. The summed E-state index contributed by atoms with van der Waals surface area (Å²) in [7, 11) is 0. The summed E-state index contributed by atoms with van der Waals surface area (Å²) in [5, 5.41) is 18.1. The largest absolute Gasteiger partial charge is 0.394 e. The van der Waals surface area contributed by atoms with Gasteiger partial charge in [0.25, 0.3) is 0 Å². The average molecular weight is 241 g/mol. The average Bonchev–Trinajstić information content (AvgIpc) is 2.35. The van der Waals surface area contributed by atoms with Gasteiger partial charge >= 0.3 is 0 Å². The molecule has 0 radical (unpaired) electrons. The predicted molar refractivity (Wildman–Crippen MR) is 67.5 cm³/mol. The van der Waals surface area contributed by atoms with Crippen molar-refractivity contribution in [2.75, 3.05) is 12.4 Å². The SMILES string of the molecule is CC[C@@H](N)c1ccccc1SCC(O)CO. The lowest BCUT2D eigenvalue weighted by atomic mass is 10.1. The highest BCUT2D eigenvalue weighted by atomic mass is 32.2. The minimum atomic E-state index is -0.670. The highest BCUT2D eigenvalue weighted by Crippen LogP contribution is 2.28. The van der Waals surface area contributed by atoms with Crippen LogP contribution in [-0.4, -0.2) is 28.7 Å². The number of hydrogen-bond acceptors (Lipinski definition) is 4. The van der Waals surface area contributed by atoms with Crippen LogP contribution in [0, 0.1) is 0 Å². The third kappa shape index (κ3) is 3.79. The maximum atomic E-state index is 9.30. The Hall–Kier alpha value is -0.550. The smallest absolute Gasteiger partial charge is 0.0864 e. The first-order valence-electron chi connectivity index (χ1n) is 5.45. The van der Waals surface area contributed by atoms with Crippen LogP contribution in [0.5, 0.6) is 0 Å². The quantitative estimate of drug-likeness (QED) is 0.661. The molecule has 0 spiro atoms. The molecule has 1 aromatic rings. The maximum absolute atomic E-state index is 9.30. The summed E-state index contributed by atoms with van der Waals surface area (Å²) in [6.45, 7) is 1.85. The molecule has 1 aromatic carbocycles. The van der Waals surface area contributed by atoms with Crippen molar-refractivity contribution >= 4 is 11.8 Å². The lowest BCUT2D eigenvalue weighted by Crippen LogP contribution is -2.15. The van der Waals surface area contributed by atoms with Gasteiger partial charge in [-0.1, -0.05) is 25.1 Å². The lowest BCUT2D eigenvalue weighted by Gasteiger charge is -2.15. The van der Waals surface area contributed by atoms with Crippen molar-refractivity contribution in [1.82, 2.24) is 0 Å². The van der Waals surface area contributed by atoms with E-state index in [9.17, 15) is 5.11 Å². The van der Waals surface area contributed by atoms with Gasteiger partial charge in [0.2, 0.25) is 0 Å². The molecule has 0 aromatic heterocycles. The number of rotatable bonds is 6. The topological polar surface area (TPSA) is 66.5 Å². The molecule has 0 saturated carbocycles. The molecule has 0 aliphatic rings. The first-order chi connectivity index (χ1) is 7.69. The van der Waals surface area contributed by atoms with Gasteiger partial charge in [-0.05, 0) is 18.1 Å². The molecule has 90 valence electrons. The van der Waals surface area contributed by atoms with Crippen LogP contribution < -0.4 is 5.73 Å². The van der Waals surface area contributed by atoms with E-state index in [1.165, 1.54) is 11.8 Å². The van der Waals surface area contributed by atoms with Crippen LogP contribution in [0.4, 0.5) is 0 Å². The summed E-state index contributed by atoms with van der Waals surface area (Å²) < 4.78 is 0. The summed E-state index contributed by atoms with van der Waals surface area (Å²) >= 11 is 1.53. The Balaban J connectivity index is 2.71. The zero-order valence-corrected chi connectivity index (χ0v) is 10.3. The van der Waals surface area contributed by atoms with Gasteiger partial charge in [0, 0.05) is 16.7 Å². The van der Waals surface area contributed by atoms with Gasteiger partial charge in [0.15, 0.2) is 0 Å². The Labute approximate surface area is 101 Å². The van der Waals surface area contributed by atoms with Crippen molar-refractivity contribution in [3.8, 4) is 0 Å². The number of benzene rings is 1. The number of hydrogen-bond donors (Lipinski definition) is 3. The zero-order valence-electron chi connectivity index (χ0n) is 9.47. The third-order valence-corrected chi connectivity index (χ3v) is 3.63. The van der Waals surface area contributed by atoms with Crippen LogP contribution >= 0.6 is 11.8 Å². The Kier molecular flexibility index (Phi) is 5.84. The molecule has 0 aliphatic carbocycles. The molecule has 0 aliphatic heterocycles. The van der Waals surface area contributed by atoms with Gasteiger partial charge in [-0.15, -0.1) is 11.8 Å². The highest BCUT2D eigenvalue weighted by molar-refractivity contribution is 7.99. The molecular weight excluding hydrogens is 222 g/mol. The summed E-state index contributed by atoms with van der Waals surface area (Å²) in [4.78, 5) is 1.09. The van der Waals surface area contributed by atoms with Gasteiger partial charge in [-0.2, -0.15) is 0 Å². The van der Waals surface area contributed by atoms with Gasteiger partial charge in [0.05, 0.1) is 12.7 Å². The first kappa shape index (κ1) is 13.5.